The van der Waals surface area contributed by atoms with Gasteiger partial charge in [0.2, 0.25) is 0 Å². The molecule has 1 aromatic heterocycles. The standard InChI is InChI=1S/C12H10ClNO3/c1-8-4-5-9(7-10(8)13)14(16)12(15)11-3-2-6-17-11/h2-7,16H,1H3. The van der Waals surface area contributed by atoms with Crippen LogP contribution < -0.4 is 5.06 Å². The van der Waals surface area contributed by atoms with Gasteiger partial charge >= 0.3 is 5.91 Å². The van der Waals surface area contributed by atoms with Gasteiger partial charge in [0.25, 0.3) is 0 Å². The van der Waals surface area contributed by atoms with Crippen LogP contribution in [0.3, 0.4) is 0 Å². The summed E-state index contributed by atoms with van der Waals surface area (Å²) in [7, 11) is 0. The molecule has 0 fully saturated rings. The summed E-state index contributed by atoms with van der Waals surface area (Å²) < 4.78 is 4.91. The summed E-state index contributed by atoms with van der Waals surface area (Å²) in [4.78, 5) is 11.7. The third-order valence-electron chi connectivity index (χ3n) is 2.32. The molecule has 0 radical (unpaired) electrons. The largest absolute Gasteiger partial charge is 0.459 e. The topological polar surface area (TPSA) is 53.7 Å². The van der Waals surface area contributed by atoms with Crippen molar-refractivity contribution < 1.29 is 14.4 Å². The third-order valence-corrected chi connectivity index (χ3v) is 2.73. The number of halogens is 1. The molecule has 2 aromatic rings. The number of aryl methyl sites for hydroxylation is 1. The molecule has 0 saturated carbocycles. The monoisotopic (exact) mass is 251 g/mol. The number of hydrogen-bond acceptors (Lipinski definition) is 3. The van der Waals surface area contributed by atoms with E-state index in [1.165, 1.54) is 18.4 Å². The van der Waals surface area contributed by atoms with Gasteiger partial charge in [-0.1, -0.05) is 17.7 Å². The molecule has 1 aromatic carbocycles. The van der Waals surface area contributed by atoms with Gasteiger partial charge < -0.3 is 4.42 Å². The fraction of sp³-hybridized carbons (Fsp3) is 0.0833. The molecule has 0 aliphatic carbocycles. The van der Waals surface area contributed by atoms with Crippen LogP contribution >= 0.6 is 11.6 Å². The number of carbonyl (C=O) groups is 1. The molecule has 1 N–H and O–H groups in total. The fourth-order valence-electron chi connectivity index (χ4n) is 1.34. The Hall–Kier alpha value is -1.78. The number of amides is 1. The molecule has 5 heteroatoms. The van der Waals surface area contributed by atoms with E-state index in [-0.39, 0.29) is 5.76 Å². The maximum Gasteiger partial charge on any atom is 0.317 e. The van der Waals surface area contributed by atoms with Crippen molar-refractivity contribution in [2.24, 2.45) is 0 Å². The lowest BCUT2D eigenvalue weighted by molar-refractivity contribution is 0.0826. The van der Waals surface area contributed by atoms with E-state index in [9.17, 15) is 10.0 Å². The number of hydrogen-bond donors (Lipinski definition) is 1. The fourth-order valence-corrected chi connectivity index (χ4v) is 1.51. The van der Waals surface area contributed by atoms with Crippen molar-refractivity contribution in [2.45, 2.75) is 6.92 Å². The number of nitrogens with zero attached hydrogens (tertiary/aromatic N) is 1. The summed E-state index contributed by atoms with van der Waals surface area (Å²) in [5, 5.41) is 10.7. The number of furan rings is 1. The molecule has 0 aliphatic heterocycles. The minimum Gasteiger partial charge on any atom is -0.459 e. The van der Waals surface area contributed by atoms with Gasteiger partial charge in [-0.2, -0.15) is 5.06 Å². The van der Waals surface area contributed by atoms with Crippen LogP contribution in [-0.4, -0.2) is 11.1 Å². The second-order valence-electron chi connectivity index (χ2n) is 3.53. The van der Waals surface area contributed by atoms with Crippen molar-refractivity contribution in [2.75, 3.05) is 5.06 Å². The molecular weight excluding hydrogens is 242 g/mol. The summed E-state index contributed by atoms with van der Waals surface area (Å²) in [6.45, 7) is 1.84. The molecular formula is C12H10ClNO3. The van der Waals surface area contributed by atoms with Crippen molar-refractivity contribution in [3.63, 3.8) is 0 Å². The molecule has 0 aliphatic rings. The van der Waals surface area contributed by atoms with Gasteiger partial charge in [-0.15, -0.1) is 0 Å². The highest BCUT2D eigenvalue weighted by Crippen LogP contribution is 2.23. The van der Waals surface area contributed by atoms with Crippen molar-refractivity contribution in [1.82, 2.24) is 0 Å². The van der Waals surface area contributed by atoms with E-state index in [4.69, 9.17) is 16.0 Å². The highest BCUT2D eigenvalue weighted by Gasteiger charge is 2.18. The van der Waals surface area contributed by atoms with Crippen LogP contribution in [0.25, 0.3) is 0 Å². The van der Waals surface area contributed by atoms with E-state index in [1.54, 1.807) is 18.2 Å². The van der Waals surface area contributed by atoms with E-state index in [0.29, 0.717) is 15.8 Å². The summed E-state index contributed by atoms with van der Waals surface area (Å²) in [5.74, 6) is -0.584. The highest BCUT2D eigenvalue weighted by molar-refractivity contribution is 6.31. The Kier molecular flexibility index (Phi) is 3.17. The molecule has 1 amide bonds. The van der Waals surface area contributed by atoms with Crippen LogP contribution in [0.5, 0.6) is 0 Å². The zero-order valence-corrected chi connectivity index (χ0v) is 9.81. The second kappa shape index (κ2) is 4.61. The van der Waals surface area contributed by atoms with E-state index in [0.717, 1.165) is 5.56 Å². The maximum atomic E-state index is 11.7. The van der Waals surface area contributed by atoms with Crippen molar-refractivity contribution in [1.29, 1.82) is 0 Å². The summed E-state index contributed by atoms with van der Waals surface area (Å²) in [5.41, 5.74) is 1.16. The second-order valence-corrected chi connectivity index (χ2v) is 3.93. The van der Waals surface area contributed by atoms with E-state index < -0.39 is 5.91 Å². The first-order valence-corrected chi connectivity index (χ1v) is 5.30. The molecule has 0 bridgehead atoms. The van der Waals surface area contributed by atoms with E-state index in [2.05, 4.69) is 0 Å². The Morgan fingerprint density at radius 1 is 1.41 bits per heavy atom. The first kappa shape index (κ1) is 11.7. The first-order chi connectivity index (χ1) is 8.09. The third kappa shape index (κ3) is 2.33. The average molecular weight is 252 g/mol. The number of hydroxylamine groups is 1. The van der Waals surface area contributed by atoms with Crippen LogP contribution in [-0.2, 0) is 0 Å². The van der Waals surface area contributed by atoms with Gasteiger partial charge in [-0.3, -0.25) is 10.0 Å². The van der Waals surface area contributed by atoms with Crippen molar-refractivity contribution in [3.05, 3.63) is 52.9 Å². The average Bonchev–Trinajstić information content (AvgIpc) is 2.84. The molecule has 4 nitrogen and oxygen atoms in total. The molecule has 0 unspecified atom stereocenters. The summed E-state index contributed by atoms with van der Waals surface area (Å²) in [6.07, 6.45) is 1.36. The summed E-state index contributed by atoms with van der Waals surface area (Å²) in [6, 6.07) is 7.88. The lowest BCUT2D eigenvalue weighted by Crippen LogP contribution is -2.26. The predicted octanol–water partition coefficient (Wildman–Crippen LogP) is 3.28. The maximum absolute atomic E-state index is 11.7. The predicted molar refractivity (Wildman–Crippen MR) is 63.5 cm³/mol. The van der Waals surface area contributed by atoms with Gasteiger partial charge in [-0.25, -0.2) is 0 Å². The van der Waals surface area contributed by atoms with Gasteiger partial charge in [-0.05, 0) is 36.8 Å². The van der Waals surface area contributed by atoms with Crippen LogP contribution in [0.2, 0.25) is 5.02 Å². The van der Waals surface area contributed by atoms with E-state index in [1.807, 2.05) is 6.92 Å². The van der Waals surface area contributed by atoms with Gasteiger partial charge in [0.05, 0.1) is 12.0 Å². The summed E-state index contributed by atoms with van der Waals surface area (Å²) >= 11 is 5.91. The van der Waals surface area contributed by atoms with Crippen LogP contribution in [0.15, 0.2) is 41.0 Å². The smallest absolute Gasteiger partial charge is 0.317 e. The van der Waals surface area contributed by atoms with Crippen LogP contribution in [0, 0.1) is 6.92 Å². The molecule has 0 spiro atoms. The lowest BCUT2D eigenvalue weighted by Gasteiger charge is -2.14. The number of rotatable bonds is 2. The Balaban J connectivity index is 2.28. The number of anilines is 1. The molecule has 0 atom stereocenters. The molecule has 2 rings (SSSR count). The van der Waals surface area contributed by atoms with Gasteiger partial charge in [0.1, 0.15) is 0 Å². The van der Waals surface area contributed by atoms with E-state index >= 15 is 0 Å². The molecule has 1 heterocycles. The van der Waals surface area contributed by atoms with Gasteiger partial charge in [0, 0.05) is 5.02 Å². The normalized spacial score (nSPS) is 10.3. The minimum atomic E-state index is -0.644. The van der Waals surface area contributed by atoms with Gasteiger partial charge in [0.15, 0.2) is 5.76 Å². The zero-order chi connectivity index (χ0) is 12.4. The first-order valence-electron chi connectivity index (χ1n) is 4.92. The number of carbonyl (C=O) groups excluding carboxylic acids is 1. The Morgan fingerprint density at radius 3 is 2.76 bits per heavy atom. The molecule has 0 saturated heterocycles. The Morgan fingerprint density at radius 2 is 2.18 bits per heavy atom. The zero-order valence-electron chi connectivity index (χ0n) is 9.05. The minimum absolute atomic E-state index is 0.0594. The lowest BCUT2D eigenvalue weighted by atomic mass is 10.2. The highest BCUT2D eigenvalue weighted by atomic mass is 35.5. The Labute approximate surface area is 103 Å². The quantitative estimate of drug-likeness (QED) is 0.658. The molecule has 88 valence electrons. The molecule has 17 heavy (non-hydrogen) atoms. The number of benzene rings is 1. The van der Waals surface area contributed by atoms with Crippen LogP contribution in [0.4, 0.5) is 5.69 Å². The van der Waals surface area contributed by atoms with Crippen molar-refractivity contribution >= 4 is 23.2 Å². The van der Waals surface area contributed by atoms with Crippen molar-refractivity contribution in [3.8, 4) is 0 Å². The SMILES string of the molecule is Cc1ccc(N(O)C(=O)c2ccco2)cc1Cl. The van der Waals surface area contributed by atoms with Crippen LogP contribution in [0.1, 0.15) is 16.1 Å². The Bertz CT molecular complexity index is 537.